The van der Waals surface area contributed by atoms with Crippen molar-refractivity contribution in [2.24, 2.45) is 0 Å². The summed E-state index contributed by atoms with van der Waals surface area (Å²) in [4.78, 5) is 23.7. The molecule has 0 radical (unpaired) electrons. The Hall–Kier alpha value is -1.36. The van der Waals surface area contributed by atoms with E-state index in [-0.39, 0.29) is 18.4 Å². The normalized spacial score (nSPS) is 9.88. The van der Waals surface area contributed by atoms with Gasteiger partial charge in [0, 0.05) is 20.5 Å². The van der Waals surface area contributed by atoms with Crippen LogP contribution in [0.5, 0.6) is 0 Å². The lowest BCUT2D eigenvalue weighted by Gasteiger charge is -2.14. The molecule has 0 fully saturated rings. The standard InChI is InChI=1S/C11H16N2O2S/c1-9(14)13(2)7-11(15)12-5-3-10-4-6-16-8-10/h4,6,8H,3,5,7H2,1-2H3,(H,12,15). The van der Waals surface area contributed by atoms with Crippen LogP contribution in [0.15, 0.2) is 16.8 Å². The van der Waals surface area contributed by atoms with E-state index in [0.29, 0.717) is 6.54 Å². The summed E-state index contributed by atoms with van der Waals surface area (Å²) in [5, 5.41) is 6.86. The molecule has 0 aromatic carbocycles. The third-order valence-corrected chi connectivity index (χ3v) is 2.97. The monoisotopic (exact) mass is 240 g/mol. The number of hydrogen-bond donors (Lipinski definition) is 1. The Balaban J connectivity index is 2.18. The van der Waals surface area contributed by atoms with Gasteiger partial charge in [-0.2, -0.15) is 11.3 Å². The molecule has 0 aliphatic carbocycles. The molecular weight excluding hydrogens is 224 g/mol. The molecule has 4 nitrogen and oxygen atoms in total. The van der Waals surface area contributed by atoms with Crippen LogP contribution >= 0.6 is 11.3 Å². The zero-order valence-electron chi connectivity index (χ0n) is 9.53. The molecule has 0 atom stereocenters. The zero-order valence-corrected chi connectivity index (χ0v) is 10.3. The maximum absolute atomic E-state index is 11.4. The van der Waals surface area contributed by atoms with Crippen molar-refractivity contribution in [1.82, 2.24) is 10.2 Å². The van der Waals surface area contributed by atoms with Gasteiger partial charge in [-0.05, 0) is 28.8 Å². The van der Waals surface area contributed by atoms with Crippen molar-refractivity contribution in [2.45, 2.75) is 13.3 Å². The number of nitrogens with one attached hydrogen (secondary N) is 1. The molecule has 0 spiro atoms. The molecule has 0 saturated carbocycles. The smallest absolute Gasteiger partial charge is 0.239 e. The summed E-state index contributed by atoms with van der Waals surface area (Å²) >= 11 is 1.65. The van der Waals surface area contributed by atoms with Crippen molar-refractivity contribution in [3.05, 3.63) is 22.4 Å². The van der Waals surface area contributed by atoms with Crippen LogP contribution in [0, 0.1) is 0 Å². The second-order valence-electron chi connectivity index (χ2n) is 3.61. The molecule has 0 aliphatic rings. The molecule has 1 rings (SSSR count). The van der Waals surface area contributed by atoms with Crippen LogP contribution in [0.1, 0.15) is 12.5 Å². The first-order valence-corrected chi connectivity index (χ1v) is 6.03. The molecule has 0 unspecified atom stereocenters. The van der Waals surface area contributed by atoms with Crippen molar-refractivity contribution >= 4 is 23.2 Å². The fourth-order valence-electron chi connectivity index (χ4n) is 1.16. The number of carbonyl (C=O) groups is 2. The van der Waals surface area contributed by atoms with Gasteiger partial charge in [-0.3, -0.25) is 9.59 Å². The first kappa shape index (κ1) is 12.7. The fourth-order valence-corrected chi connectivity index (χ4v) is 1.87. The SMILES string of the molecule is CC(=O)N(C)CC(=O)NCCc1ccsc1. The maximum atomic E-state index is 11.4. The van der Waals surface area contributed by atoms with Crippen LogP contribution in [-0.2, 0) is 16.0 Å². The van der Waals surface area contributed by atoms with E-state index >= 15 is 0 Å². The van der Waals surface area contributed by atoms with Crippen molar-refractivity contribution in [1.29, 1.82) is 0 Å². The third-order valence-electron chi connectivity index (χ3n) is 2.23. The number of hydrogen-bond acceptors (Lipinski definition) is 3. The van der Waals surface area contributed by atoms with Gasteiger partial charge in [0.05, 0.1) is 6.54 Å². The van der Waals surface area contributed by atoms with Crippen molar-refractivity contribution in [2.75, 3.05) is 20.1 Å². The van der Waals surface area contributed by atoms with E-state index in [2.05, 4.69) is 10.7 Å². The van der Waals surface area contributed by atoms with Gasteiger partial charge in [0.2, 0.25) is 11.8 Å². The molecule has 0 saturated heterocycles. The Morgan fingerprint density at radius 3 is 2.81 bits per heavy atom. The van der Waals surface area contributed by atoms with E-state index < -0.39 is 0 Å². The lowest BCUT2D eigenvalue weighted by atomic mass is 10.2. The van der Waals surface area contributed by atoms with E-state index in [0.717, 1.165) is 6.42 Å². The summed E-state index contributed by atoms with van der Waals surface area (Å²) < 4.78 is 0. The summed E-state index contributed by atoms with van der Waals surface area (Å²) in [6.07, 6.45) is 0.832. The summed E-state index contributed by atoms with van der Waals surface area (Å²) in [5.74, 6) is -0.221. The highest BCUT2D eigenvalue weighted by atomic mass is 32.1. The van der Waals surface area contributed by atoms with Crippen LogP contribution in [0.3, 0.4) is 0 Å². The molecule has 1 aromatic heterocycles. The number of carbonyl (C=O) groups excluding carboxylic acids is 2. The summed E-state index contributed by atoms with van der Waals surface area (Å²) in [7, 11) is 1.61. The third kappa shape index (κ3) is 4.44. The zero-order chi connectivity index (χ0) is 12.0. The van der Waals surface area contributed by atoms with Crippen molar-refractivity contribution < 1.29 is 9.59 Å². The Kier molecular flexibility index (Phi) is 4.98. The molecule has 5 heteroatoms. The number of thiophene rings is 1. The average Bonchev–Trinajstić information content (AvgIpc) is 2.70. The van der Waals surface area contributed by atoms with Gasteiger partial charge in [0.1, 0.15) is 0 Å². The Labute approximate surface area is 99.3 Å². The average molecular weight is 240 g/mol. The second kappa shape index (κ2) is 6.27. The van der Waals surface area contributed by atoms with E-state index in [1.165, 1.54) is 17.4 Å². The molecule has 1 aromatic rings. The maximum Gasteiger partial charge on any atom is 0.239 e. The van der Waals surface area contributed by atoms with Gasteiger partial charge in [-0.25, -0.2) is 0 Å². The summed E-state index contributed by atoms with van der Waals surface area (Å²) in [6, 6.07) is 2.04. The highest BCUT2D eigenvalue weighted by Gasteiger charge is 2.07. The van der Waals surface area contributed by atoms with E-state index in [4.69, 9.17) is 0 Å². The minimum absolute atomic E-state index is 0.104. The quantitative estimate of drug-likeness (QED) is 0.831. The molecule has 1 N–H and O–H groups in total. The predicted molar refractivity (Wildman–Crippen MR) is 64.3 cm³/mol. The molecule has 1 heterocycles. The summed E-state index contributed by atoms with van der Waals surface area (Å²) in [5.41, 5.74) is 1.23. The first-order valence-electron chi connectivity index (χ1n) is 5.09. The van der Waals surface area contributed by atoms with Gasteiger partial charge in [0.15, 0.2) is 0 Å². The lowest BCUT2D eigenvalue weighted by Crippen LogP contribution is -2.38. The highest BCUT2D eigenvalue weighted by molar-refractivity contribution is 7.07. The van der Waals surface area contributed by atoms with Gasteiger partial charge in [-0.1, -0.05) is 0 Å². The molecule has 2 amide bonds. The summed E-state index contributed by atoms with van der Waals surface area (Å²) in [6.45, 7) is 2.18. The Morgan fingerprint density at radius 1 is 1.50 bits per heavy atom. The fraction of sp³-hybridized carbons (Fsp3) is 0.455. The number of nitrogens with zero attached hydrogens (tertiary/aromatic N) is 1. The molecule has 88 valence electrons. The lowest BCUT2D eigenvalue weighted by molar-refractivity contribution is -0.133. The predicted octanol–water partition coefficient (Wildman–Crippen LogP) is 0.885. The van der Waals surface area contributed by atoms with Gasteiger partial charge in [-0.15, -0.1) is 0 Å². The van der Waals surface area contributed by atoms with Gasteiger partial charge < -0.3 is 10.2 Å². The van der Waals surface area contributed by atoms with Crippen LogP contribution in [0.4, 0.5) is 0 Å². The topological polar surface area (TPSA) is 49.4 Å². The van der Waals surface area contributed by atoms with Crippen LogP contribution < -0.4 is 5.32 Å². The number of likely N-dealkylation sites (N-methyl/N-ethyl adjacent to an activating group) is 1. The Morgan fingerprint density at radius 2 is 2.25 bits per heavy atom. The second-order valence-corrected chi connectivity index (χ2v) is 4.39. The molecular formula is C11H16N2O2S. The minimum Gasteiger partial charge on any atom is -0.354 e. The van der Waals surface area contributed by atoms with E-state index in [1.807, 2.05) is 11.4 Å². The van der Waals surface area contributed by atoms with Gasteiger partial charge >= 0.3 is 0 Å². The minimum atomic E-state index is -0.118. The largest absolute Gasteiger partial charge is 0.354 e. The van der Waals surface area contributed by atoms with E-state index in [9.17, 15) is 9.59 Å². The van der Waals surface area contributed by atoms with Gasteiger partial charge in [0.25, 0.3) is 0 Å². The van der Waals surface area contributed by atoms with Crippen LogP contribution in [0.25, 0.3) is 0 Å². The van der Waals surface area contributed by atoms with Crippen molar-refractivity contribution in [3.8, 4) is 0 Å². The molecule has 16 heavy (non-hydrogen) atoms. The first-order chi connectivity index (χ1) is 7.59. The highest BCUT2D eigenvalue weighted by Crippen LogP contribution is 2.05. The number of amides is 2. The Bertz CT molecular complexity index is 349. The van der Waals surface area contributed by atoms with E-state index in [1.54, 1.807) is 18.4 Å². The molecule has 0 aliphatic heterocycles. The molecule has 0 bridgehead atoms. The van der Waals surface area contributed by atoms with Crippen LogP contribution in [-0.4, -0.2) is 36.9 Å². The number of rotatable bonds is 5. The van der Waals surface area contributed by atoms with Crippen LogP contribution in [0.2, 0.25) is 0 Å². The van der Waals surface area contributed by atoms with Crippen molar-refractivity contribution in [3.63, 3.8) is 0 Å².